The van der Waals surface area contributed by atoms with Crippen molar-refractivity contribution in [2.75, 3.05) is 5.32 Å². The molecule has 0 bridgehead atoms. The topological polar surface area (TPSA) is 51.0 Å². The van der Waals surface area contributed by atoms with Crippen LogP contribution < -0.4 is 5.32 Å². The molecule has 0 aliphatic carbocycles. The summed E-state index contributed by atoms with van der Waals surface area (Å²) in [6, 6.07) is 3.79. The van der Waals surface area contributed by atoms with E-state index in [1.54, 1.807) is 18.9 Å². The molecule has 0 amide bonds. The van der Waals surface area contributed by atoms with Gasteiger partial charge in [-0.3, -0.25) is 0 Å². The number of hydrogen-bond donors (Lipinski definition) is 1. The van der Waals surface area contributed by atoms with Crippen LogP contribution in [0.1, 0.15) is 20.8 Å². The summed E-state index contributed by atoms with van der Waals surface area (Å²) in [4.78, 5) is 8.38. The number of nitrogens with zero attached hydrogens (tertiary/aromatic N) is 2. The monoisotopic (exact) mass is 217 g/mol. The van der Waals surface area contributed by atoms with Crippen molar-refractivity contribution in [1.29, 1.82) is 0 Å². The fraction of sp³-hybridized carbons (Fsp3) is 0.333. The highest BCUT2D eigenvalue weighted by Gasteiger charge is 2.11. The average molecular weight is 217 g/mol. The van der Waals surface area contributed by atoms with Crippen LogP contribution in [-0.2, 0) is 0 Å². The van der Waals surface area contributed by atoms with Crippen LogP contribution in [-0.4, -0.2) is 15.5 Å². The first-order chi connectivity index (χ1) is 7.54. The van der Waals surface area contributed by atoms with Crippen molar-refractivity contribution in [2.45, 2.75) is 26.3 Å². The highest BCUT2D eigenvalue weighted by atomic mass is 16.3. The highest BCUT2D eigenvalue weighted by Crippen LogP contribution is 2.20. The van der Waals surface area contributed by atoms with Crippen LogP contribution in [0.25, 0.3) is 11.3 Å². The van der Waals surface area contributed by atoms with Crippen molar-refractivity contribution in [3.63, 3.8) is 0 Å². The van der Waals surface area contributed by atoms with Gasteiger partial charge in [0.1, 0.15) is 12.1 Å². The first kappa shape index (κ1) is 10.7. The Kier molecular flexibility index (Phi) is 2.64. The van der Waals surface area contributed by atoms with Gasteiger partial charge in [-0.05, 0) is 26.8 Å². The lowest BCUT2D eigenvalue weighted by atomic mass is 10.1. The Hall–Kier alpha value is -1.84. The minimum absolute atomic E-state index is 0.0119. The van der Waals surface area contributed by atoms with E-state index in [1.807, 2.05) is 12.1 Å². The minimum Gasteiger partial charge on any atom is -0.472 e. The smallest absolute Gasteiger partial charge is 0.130 e. The number of hydrogen-bond acceptors (Lipinski definition) is 4. The molecule has 0 aliphatic rings. The molecule has 4 nitrogen and oxygen atoms in total. The Bertz CT molecular complexity index is 457. The summed E-state index contributed by atoms with van der Waals surface area (Å²) in [5.74, 6) is 0.818. The molecule has 84 valence electrons. The largest absolute Gasteiger partial charge is 0.472 e. The zero-order valence-electron chi connectivity index (χ0n) is 9.69. The van der Waals surface area contributed by atoms with E-state index in [4.69, 9.17) is 4.42 Å². The second-order valence-corrected chi connectivity index (χ2v) is 4.68. The Morgan fingerprint density at radius 2 is 2.06 bits per heavy atom. The Morgan fingerprint density at radius 1 is 1.25 bits per heavy atom. The standard InChI is InChI=1S/C12H15N3O/c1-12(2,3)15-11-6-10(13-8-14-11)9-4-5-16-7-9/h4-8H,1-3H3,(H,13,14,15). The van der Waals surface area contributed by atoms with Crippen LogP contribution in [0.5, 0.6) is 0 Å². The molecule has 0 aliphatic heterocycles. The SMILES string of the molecule is CC(C)(C)Nc1cc(-c2ccoc2)ncn1. The number of furan rings is 1. The van der Waals surface area contributed by atoms with Gasteiger partial charge in [-0.25, -0.2) is 9.97 Å². The van der Waals surface area contributed by atoms with Gasteiger partial charge in [0.25, 0.3) is 0 Å². The third-order valence-corrected chi connectivity index (χ3v) is 1.99. The molecule has 0 saturated carbocycles. The van der Waals surface area contributed by atoms with Gasteiger partial charge in [-0.15, -0.1) is 0 Å². The highest BCUT2D eigenvalue weighted by molar-refractivity contribution is 5.60. The molecular weight excluding hydrogens is 202 g/mol. The second-order valence-electron chi connectivity index (χ2n) is 4.68. The molecule has 2 aromatic heterocycles. The molecule has 0 atom stereocenters. The third-order valence-electron chi connectivity index (χ3n) is 1.99. The van der Waals surface area contributed by atoms with Crippen molar-refractivity contribution >= 4 is 5.82 Å². The summed E-state index contributed by atoms with van der Waals surface area (Å²) in [5.41, 5.74) is 1.80. The normalized spacial score (nSPS) is 11.4. The fourth-order valence-electron chi connectivity index (χ4n) is 1.38. The number of aromatic nitrogens is 2. The van der Waals surface area contributed by atoms with Crippen LogP contribution in [0, 0.1) is 0 Å². The van der Waals surface area contributed by atoms with E-state index in [1.165, 1.54) is 0 Å². The summed E-state index contributed by atoms with van der Waals surface area (Å²) in [7, 11) is 0. The van der Waals surface area contributed by atoms with Crippen molar-refractivity contribution in [2.24, 2.45) is 0 Å². The van der Waals surface area contributed by atoms with E-state index in [-0.39, 0.29) is 5.54 Å². The maximum absolute atomic E-state index is 5.03. The maximum Gasteiger partial charge on any atom is 0.130 e. The molecule has 2 aromatic rings. The van der Waals surface area contributed by atoms with Gasteiger partial charge in [-0.2, -0.15) is 0 Å². The van der Waals surface area contributed by atoms with Gasteiger partial charge in [0.15, 0.2) is 0 Å². The summed E-state index contributed by atoms with van der Waals surface area (Å²) in [5, 5.41) is 3.30. The molecule has 4 heteroatoms. The first-order valence-electron chi connectivity index (χ1n) is 5.17. The van der Waals surface area contributed by atoms with Gasteiger partial charge in [0, 0.05) is 17.2 Å². The van der Waals surface area contributed by atoms with E-state index in [2.05, 4.69) is 36.1 Å². The quantitative estimate of drug-likeness (QED) is 0.840. The van der Waals surface area contributed by atoms with Crippen molar-refractivity contribution in [1.82, 2.24) is 9.97 Å². The van der Waals surface area contributed by atoms with E-state index in [0.717, 1.165) is 17.1 Å². The number of anilines is 1. The molecule has 0 fully saturated rings. The number of rotatable bonds is 2. The predicted octanol–water partition coefficient (Wildman–Crippen LogP) is 2.95. The predicted molar refractivity (Wildman–Crippen MR) is 63.1 cm³/mol. The zero-order valence-corrected chi connectivity index (χ0v) is 9.69. The van der Waals surface area contributed by atoms with Crippen LogP contribution in [0.3, 0.4) is 0 Å². The molecule has 16 heavy (non-hydrogen) atoms. The summed E-state index contributed by atoms with van der Waals surface area (Å²) in [6.07, 6.45) is 4.86. The lowest BCUT2D eigenvalue weighted by molar-refractivity contribution is 0.568. The van der Waals surface area contributed by atoms with Gasteiger partial charge >= 0.3 is 0 Å². The summed E-state index contributed by atoms with van der Waals surface area (Å²) >= 11 is 0. The van der Waals surface area contributed by atoms with Gasteiger partial charge in [0.05, 0.1) is 18.2 Å². The average Bonchev–Trinajstić information content (AvgIpc) is 2.68. The zero-order chi connectivity index (χ0) is 11.6. The van der Waals surface area contributed by atoms with Gasteiger partial charge < -0.3 is 9.73 Å². The third kappa shape index (κ3) is 2.59. The summed E-state index contributed by atoms with van der Waals surface area (Å²) < 4.78 is 5.03. The summed E-state index contributed by atoms with van der Waals surface area (Å²) in [6.45, 7) is 6.27. The molecule has 0 aromatic carbocycles. The Labute approximate surface area is 94.7 Å². The van der Waals surface area contributed by atoms with Crippen LogP contribution in [0.15, 0.2) is 35.4 Å². The van der Waals surface area contributed by atoms with E-state index in [0.29, 0.717) is 0 Å². The minimum atomic E-state index is -0.0119. The fourth-order valence-corrected chi connectivity index (χ4v) is 1.38. The maximum atomic E-state index is 5.03. The number of nitrogens with one attached hydrogen (secondary N) is 1. The van der Waals surface area contributed by atoms with Crippen molar-refractivity contribution in [3.8, 4) is 11.3 Å². The van der Waals surface area contributed by atoms with Crippen molar-refractivity contribution < 1.29 is 4.42 Å². The molecule has 1 N–H and O–H groups in total. The van der Waals surface area contributed by atoms with Crippen LogP contribution in [0.4, 0.5) is 5.82 Å². The molecule has 0 radical (unpaired) electrons. The second kappa shape index (κ2) is 3.96. The van der Waals surface area contributed by atoms with Crippen LogP contribution >= 0.6 is 0 Å². The molecule has 0 spiro atoms. The Morgan fingerprint density at radius 3 is 2.69 bits per heavy atom. The van der Waals surface area contributed by atoms with E-state index < -0.39 is 0 Å². The molecular formula is C12H15N3O. The van der Waals surface area contributed by atoms with E-state index in [9.17, 15) is 0 Å². The molecule has 0 unspecified atom stereocenters. The molecule has 2 rings (SSSR count). The molecule has 0 saturated heterocycles. The lowest BCUT2D eigenvalue weighted by Crippen LogP contribution is -2.26. The molecule has 2 heterocycles. The van der Waals surface area contributed by atoms with Gasteiger partial charge in [0.2, 0.25) is 0 Å². The van der Waals surface area contributed by atoms with E-state index >= 15 is 0 Å². The van der Waals surface area contributed by atoms with Gasteiger partial charge in [-0.1, -0.05) is 0 Å². The first-order valence-corrected chi connectivity index (χ1v) is 5.17. The lowest BCUT2D eigenvalue weighted by Gasteiger charge is -2.21. The van der Waals surface area contributed by atoms with Crippen LogP contribution in [0.2, 0.25) is 0 Å². The Balaban J connectivity index is 2.27. The van der Waals surface area contributed by atoms with Crippen molar-refractivity contribution in [3.05, 3.63) is 31.0 Å².